The van der Waals surface area contributed by atoms with E-state index in [0.717, 1.165) is 33.6 Å². The standard InChI is InChI=1S/C16H15N3O2/c1-10-18-4-12-3-2-11(7-19(10)12)13-5-17-6-14-15(13)8-21-9-16(14)20/h2-7,16,20H,8-9H2,1H3. The van der Waals surface area contributed by atoms with Crippen molar-refractivity contribution in [1.82, 2.24) is 14.4 Å². The smallest absolute Gasteiger partial charge is 0.110 e. The van der Waals surface area contributed by atoms with Crippen LogP contribution in [0, 0.1) is 6.92 Å². The molecule has 0 aliphatic carbocycles. The fourth-order valence-corrected chi connectivity index (χ4v) is 2.84. The first-order valence-electron chi connectivity index (χ1n) is 6.91. The molecule has 0 radical (unpaired) electrons. The highest BCUT2D eigenvalue weighted by Crippen LogP contribution is 2.32. The van der Waals surface area contributed by atoms with Gasteiger partial charge in [0.1, 0.15) is 11.9 Å². The average molecular weight is 281 g/mol. The third kappa shape index (κ3) is 1.93. The molecule has 0 saturated carbocycles. The average Bonchev–Trinajstić information content (AvgIpc) is 2.88. The number of aryl methyl sites for hydroxylation is 1. The predicted molar refractivity (Wildman–Crippen MR) is 77.8 cm³/mol. The molecule has 0 fully saturated rings. The van der Waals surface area contributed by atoms with Crippen LogP contribution in [-0.2, 0) is 11.3 Å². The Balaban J connectivity index is 1.92. The molecule has 21 heavy (non-hydrogen) atoms. The number of hydrogen-bond donors (Lipinski definition) is 1. The zero-order valence-electron chi connectivity index (χ0n) is 11.7. The maximum atomic E-state index is 10.0. The van der Waals surface area contributed by atoms with E-state index < -0.39 is 6.10 Å². The number of aliphatic hydroxyl groups excluding tert-OH is 1. The van der Waals surface area contributed by atoms with E-state index in [1.807, 2.05) is 25.4 Å². The van der Waals surface area contributed by atoms with Crippen LogP contribution >= 0.6 is 0 Å². The maximum Gasteiger partial charge on any atom is 0.110 e. The van der Waals surface area contributed by atoms with E-state index in [1.165, 1.54) is 0 Å². The van der Waals surface area contributed by atoms with Gasteiger partial charge in [-0.2, -0.15) is 0 Å². The summed E-state index contributed by atoms with van der Waals surface area (Å²) >= 11 is 0. The molecular formula is C16H15N3O2. The van der Waals surface area contributed by atoms with Crippen LogP contribution in [0.3, 0.4) is 0 Å². The Hall–Kier alpha value is -2.24. The Bertz CT molecular complexity index is 826. The number of imidazole rings is 1. The monoisotopic (exact) mass is 281 g/mol. The molecule has 3 aromatic rings. The van der Waals surface area contributed by atoms with Crippen molar-refractivity contribution in [3.63, 3.8) is 0 Å². The number of aliphatic hydroxyl groups is 1. The van der Waals surface area contributed by atoms with Crippen molar-refractivity contribution in [2.45, 2.75) is 19.6 Å². The lowest BCUT2D eigenvalue weighted by molar-refractivity contribution is 0.00981. The molecule has 0 spiro atoms. The Labute approximate surface area is 121 Å². The van der Waals surface area contributed by atoms with Crippen LogP contribution in [0.25, 0.3) is 16.6 Å². The summed E-state index contributed by atoms with van der Waals surface area (Å²) in [6, 6.07) is 4.09. The van der Waals surface area contributed by atoms with E-state index in [1.54, 1.807) is 6.20 Å². The van der Waals surface area contributed by atoms with Gasteiger partial charge < -0.3 is 14.2 Å². The highest BCUT2D eigenvalue weighted by Gasteiger charge is 2.22. The second-order valence-electron chi connectivity index (χ2n) is 5.30. The molecule has 4 heterocycles. The molecule has 0 saturated heterocycles. The van der Waals surface area contributed by atoms with Gasteiger partial charge in [-0.15, -0.1) is 0 Å². The first kappa shape index (κ1) is 12.5. The van der Waals surface area contributed by atoms with E-state index in [9.17, 15) is 5.11 Å². The molecule has 5 heteroatoms. The molecule has 5 nitrogen and oxygen atoms in total. The molecule has 4 rings (SSSR count). The Morgan fingerprint density at radius 2 is 2.19 bits per heavy atom. The highest BCUT2D eigenvalue weighted by atomic mass is 16.5. The second-order valence-corrected chi connectivity index (χ2v) is 5.30. The molecule has 1 N–H and O–H groups in total. The summed E-state index contributed by atoms with van der Waals surface area (Å²) in [5, 5.41) is 10.0. The maximum absolute atomic E-state index is 10.0. The minimum Gasteiger partial charge on any atom is -0.386 e. The van der Waals surface area contributed by atoms with Gasteiger partial charge in [0.25, 0.3) is 0 Å². The quantitative estimate of drug-likeness (QED) is 0.743. The minimum atomic E-state index is -0.597. The molecule has 0 bridgehead atoms. The minimum absolute atomic E-state index is 0.331. The van der Waals surface area contributed by atoms with Crippen molar-refractivity contribution in [2.75, 3.05) is 6.61 Å². The van der Waals surface area contributed by atoms with E-state index in [4.69, 9.17) is 4.74 Å². The van der Waals surface area contributed by atoms with Crippen molar-refractivity contribution < 1.29 is 9.84 Å². The third-order valence-electron chi connectivity index (χ3n) is 4.00. The summed E-state index contributed by atoms with van der Waals surface area (Å²) in [6.07, 6.45) is 6.86. The van der Waals surface area contributed by atoms with Crippen LogP contribution in [0.2, 0.25) is 0 Å². The van der Waals surface area contributed by atoms with Gasteiger partial charge in [-0.05, 0) is 18.6 Å². The van der Waals surface area contributed by atoms with Crippen LogP contribution in [0.5, 0.6) is 0 Å². The van der Waals surface area contributed by atoms with Gasteiger partial charge >= 0.3 is 0 Å². The molecule has 1 aliphatic rings. The first-order valence-corrected chi connectivity index (χ1v) is 6.91. The lowest BCUT2D eigenvalue weighted by Crippen LogP contribution is -2.17. The number of aromatic nitrogens is 3. The molecule has 3 aromatic heterocycles. The van der Waals surface area contributed by atoms with Crippen LogP contribution in [0.15, 0.2) is 36.9 Å². The summed E-state index contributed by atoms with van der Waals surface area (Å²) < 4.78 is 7.52. The van der Waals surface area contributed by atoms with Gasteiger partial charge in [-0.1, -0.05) is 6.07 Å². The Kier molecular flexibility index (Phi) is 2.77. The zero-order valence-corrected chi connectivity index (χ0v) is 11.7. The SMILES string of the molecule is Cc1ncc2ccc(-c3cncc4c3COCC4O)cn12. The van der Waals surface area contributed by atoms with Gasteiger partial charge in [-0.25, -0.2) is 4.98 Å². The summed E-state index contributed by atoms with van der Waals surface area (Å²) in [5.74, 6) is 0.945. The fraction of sp³-hybridized carbons (Fsp3) is 0.250. The lowest BCUT2D eigenvalue weighted by atomic mass is 9.95. The molecule has 1 aliphatic heterocycles. The topological polar surface area (TPSA) is 59.7 Å². The molecule has 106 valence electrons. The van der Waals surface area contributed by atoms with E-state index in [-0.39, 0.29) is 0 Å². The van der Waals surface area contributed by atoms with Gasteiger partial charge in [0.05, 0.1) is 24.9 Å². The summed E-state index contributed by atoms with van der Waals surface area (Å²) in [4.78, 5) is 8.59. The number of fused-ring (bicyclic) bond motifs is 2. The zero-order chi connectivity index (χ0) is 14.4. The van der Waals surface area contributed by atoms with E-state index in [0.29, 0.717) is 13.2 Å². The van der Waals surface area contributed by atoms with Gasteiger partial charge in [0, 0.05) is 35.3 Å². The highest BCUT2D eigenvalue weighted by molar-refractivity contribution is 5.69. The second kappa shape index (κ2) is 4.65. The molecule has 1 unspecified atom stereocenters. The largest absolute Gasteiger partial charge is 0.386 e. The van der Waals surface area contributed by atoms with Crippen molar-refractivity contribution in [1.29, 1.82) is 0 Å². The van der Waals surface area contributed by atoms with E-state index in [2.05, 4.69) is 26.6 Å². The van der Waals surface area contributed by atoms with Crippen molar-refractivity contribution in [2.24, 2.45) is 0 Å². The third-order valence-corrected chi connectivity index (χ3v) is 4.00. The first-order chi connectivity index (χ1) is 10.2. The van der Waals surface area contributed by atoms with Crippen molar-refractivity contribution in [3.05, 3.63) is 53.9 Å². The van der Waals surface area contributed by atoms with E-state index >= 15 is 0 Å². The number of nitrogens with zero attached hydrogens (tertiary/aromatic N) is 3. The number of pyridine rings is 2. The van der Waals surface area contributed by atoms with Gasteiger partial charge in [0.15, 0.2) is 0 Å². The molecule has 1 atom stereocenters. The number of hydrogen-bond acceptors (Lipinski definition) is 4. The Morgan fingerprint density at radius 1 is 1.29 bits per heavy atom. The lowest BCUT2D eigenvalue weighted by Gasteiger charge is -2.23. The van der Waals surface area contributed by atoms with Crippen molar-refractivity contribution in [3.8, 4) is 11.1 Å². The molecular weight excluding hydrogens is 266 g/mol. The van der Waals surface area contributed by atoms with Crippen LogP contribution in [0.1, 0.15) is 23.1 Å². The molecule has 0 aromatic carbocycles. The Morgan fingerprint density at radius 3 is 3.10 bits per heavy atom. The number of ether oxygens (including phenoxy) is 1. The van der Waals surface area contributed by atoms with Gasteiger partial charge in [0.2, 0.25) is 0 Å². The predicted octanol–water partition coefficient (Wildman–Crippen LogP) is 2.27. The van der Waals surface area contributed by atoms with Gasteiger partial charge in [-0.3, -0.25) is 4.98 Å². The van der Waals surface area contributed by atoms with Crippen LogP contribution < -0.4 is 0 Å². The van der Waals surface area contributed by atoms with Crippen molar-refractivity contribution >= 4 is 5.52 Å². The summed E-state index contributed by atoms with van der Waals surface area (Å²) in [6.45, 7) is 2.81. The van der Waals surface area contributed by atoms with Crippen LogP contribution in [0.4, 0.5) is 0 Å². The van der Waals surface area contributed by atoms with Crippen LogP contribution in [-0.4, -0.2) is 26.1 Å². The summed E-state index contributed by atoms with van der Waals surface area (Å²) in [5.41, 5.74) is 4.99. The number of rotatable bonds is 1. The summed E-state index contributed by atoms with van der Waals surface area (Å²) in [7, 11) is 0. The fourth-order valence-electron chi connectivity index (χ4n) is 2.84. The normalized spacial score (nSPS) is 17.9. The molecule has 0 amide bonds.